The van der Waals surface area contributed by atoms with Gasteiger partial charge in [-0.1, -0.05) is 6.07 Å². The number of rotatable bonds is 1. The maximum atomic E-state index is 11.3. The van der Waals surface area contributed by atoms with E-state index in [0.717, 1.165) is 28.9 Å². The van der Waals surface area contributed by atoms with Gasteiger partial charge in [0.15, 0.2) is 5.01 Å². The van der Waals surface area contributed by atoms with Crippen LogP contribution in [-0.2, 0) is 11.2 Å². The van der Waals surface area contributed by atoms with Crippen molar-refractivity contribution in [2.24, 2.45) is 0 Å². The molecule has 3 rings (SSSR count). The Morgan fingerprint density at radius 2 is 2.28 bits per heavy atom. The molecule has 5 heteroatoms. The fourth-order valence-corrected chi connectivity index (χ4v) is 2.62. The molecule has 2 heterocycles. The molecule has 4 nitrogen and oxygen atoms in total. The first-order chi connectivity index (χ1) is 8.76. The van der Waals surface area contributed by atoms with E-state index in [2.05, 4.69) is 10.3 Å². The van der Waals surface area contributed by atoms with E-state index >= 15 is 0 Å². The summed E-state index contributed by atoms with van der Waals surface area (Å²) < 4.78 is 0. The van der Waals surface area contributed by atoms with Gasteiger partial charge in [-0.05, 0) is 24.1 Å². The van der Waals surface area contributed by atoms with E-state index in [4.69, 9.17) is 5.26 Å². The minimum atomic E-state index is 0.0654. The Labute approximate surface area is 108 Å². The second kappa shape index (κ2) is 4.24. The van der Waals surface area contributed by atoms with Crippen molar-refractivity contribution in [1.29, 1.82) is 5.26 Å². The minimum Gasteiger partial charge on any atom is -0.326 e. The van der Waals surface area contributed by atoms with Gasteiger partial charge in [0.2, 0.25) is 5.91 Å². The first-order valence-electron chi connectivity index (χ1n) is 5.55. The number of nitrogens with one attached hydrogen (secondary N) is 1. The van der Waals surface area contributed by atoms with Crippen molar-refractivity contribution in [3.8, 4) is 17.3 Å². The number of aromatic nitrogens is 1. The zero-order valence-corrected chi connectivity index (χ0v) is 10.3. The number of amides is 1. The monoisotopic (exact) mass is 255 g/mol. The second-order valence-electron chi connectivity index (χ2n) is 4.07. The maximum absolute atomic E-state index is 11.3. The van der Waals surface area contributed by atoms with Crippen LogP contribution < -0.4 is 5.32 Å². The van der Waals surface area contributed by atoms with Crippen LogP contribution in [0.3, 0.4) is 0 Å². The molecule has 0 atom stereocenters. The molecular formula is C13H9N3OS. The fraction of sp³-hybridized carbons (Fsp3) is 0.154. The van der Waals surface area contributed by atoms with E-state index in [-0.39, 0.29) is 5.91 Å². The molecule has 18 heavy (non-hydrogen) atoms. The largest absolute Gasteiger partial charge is 0.326 e. The quantitative estimate of drug-likeness (QED) is 0.851. The van der Waals surface area contributed by atoms with E-state index in [1.165, 1.54) is 11.3 Å². The smallest absolute Gasteiger partial charge is 0.224 e. The molecule has 0 fully saturated rings. The van der Waals surface area contributed by atoms with Crippen LogP contribution in [0.15, 0.2) is 23.6 Å². The summed E-state index contributed by atoms with van der Waals surface area (Å²) in [5.41, 5.74) is 3.81. The summed E-state index contributed by atoms with van der Waals surface area (Å²) in [6, 6.07) is 7.88. The number of hydrogen-bond donors (Lipinski definition) is 1. The molecule has 1 N–H and O–H groups in total. The number of aryl methyl sites for hydroxylation is 1. The summed E-state index contributed by atoms with van der Waals surface area (Å²) in [5, 5.41) is 14.0. The third-order valence-electron chi connectivity index (χ3n) is 2.90. The summed E-state index contributed by atoms with van der Waals surface area (Å²) in [6.45, 7) is 0. The van der Waals surface area contributed by atoms with E-state index in [1.54, 1.807) is 0 Å². The van der Waals surface area contributed by atoms with Crippen LogP contribution >= 0.6 is 11.3 Å². The lowest BCUT2D eigenvalue weighted by Gasteiger charge is -2.17. The third kappa shape index (κ3) is 1.87. The highest BCUT2D eigenvalue weighted by molar-refractivity contribution is 7.10. The third-order valence-corrected chi connectivity index (χ3v) is 3.64. The van der Waals surface area contributed by atoms with E-state index < -0.39 is 0 Å². The van der Waals surface area contributed by atoms with Crippen molar-refractivity contribution in [1.82, 2.24) is 4.98 Å². The van der Waals surface area contributed by atoms with Gasteiger partial charge < -0.3 is 5.32 Å². The van der Waals surface area contributed by atoms with Gasteiger partial charge in [0.05, 0.1) is 5.69 Å². The molecule has 1 aliphatic heterocycles. The molecular weight excluding hydrogens is 246 g/mol. The molecule has 2 aromatic rings. The van der Waals surface area contributed by atoms with Gasteiger partial charge in [0.1, 0.15) is 6.07 Å². The molecule has 0 saturated heterocycles. The molecule has 1 aromatic heterocycles. The highest BCUT2D eigenvalue weighted by Crippen LogP contribution is 2.29. The van der Waals surface area contributed by atoms with Gasteiger partial charge in [-0.2, -0.15) is 5.26 Å². The Kier molecular flexibility index (Phi) is 2.58. The van der Waals surface area contributed by atoms with E-state index in [0.29, 0.717) is 11.4 Å². The van der Waals surface area contributed by atoms with Gasteiger partial charge in [-0.25, -0.2) is 4.98 Å². The number of anilines is 1. The van der Waals surface area contributed by atoms with Crippen LogP contribution in [0.4, 0.5) is 5.69 Å². The van der Waals surface area contributed by atoms with Gasteiger partial charge in [-0.15, -0.1) is 11.3 Å². The van der Waals surface area contributed by atoms with Gasteiger partial charge >= 0.3 is 0 Å². The summed E-state index contributed by atoms with van der Waals surface area (Å²) in [7, 11) is 0. The number of fused-ring (bicyclic) bond motifs is 1. The predicted molar refractivity (Wildman–Crippen MR) is 69.2 cm³/mol. The van der Waals surface area contributed by atoms with Crippen LogP contribution in [0, 0.1) is 11.3 Å². The van der Waals surface area contributed by atoms with Crippen LogP contribution in [0.25, 0.3) is 11.3 Å². The maximum Gasteiger partial charge on any atom is 0.224 e. The van der Waals surface area contributed by atoms with Crippen LogP contribution in [0.1, 0.15) is 17.0 Å². The fourth-order valence-electron chi connectivity index (χ4n) is 2.00. The first kappa shape index (κ1) is 10.9. The predicted octanol–water partition coefficient (Wildman–Crippen LogP) is 2.57. The van der Waals surface area contributed by atoms with Crippen LogP contribution in [0.5, 0.6) is 0 Å². The Morgan fingerprint density at radius 3 is 3.06 bits per heavy atom. The van der Waals surface area contributed by atoms with Crippen molar-refractivity contribution < 1.29 is 4.79 Å². The number of carbonyl (C=O) groups excluding carboxylic acids is 1. The molecule has 1 amide bonds. The van der Waals surface area contributed by atoms with Crippen molar-refractivity contribution in [3.63, 3.8) is 0 Å². The van der Waals surface area contributed by atoms with Gasteiger partial charge in [-0.3, -0.25) is 4.79 Å². The number of nitrogens with zero attached hydrogens (tertiary/aromatic N) is 2. The standard InChI is InChI=1S/C13H9N3OS/c14-6-13-16-11(7-18-13)9-1-3-10-8(5-9)2-4-12(17)15-10/h1,3,5,7H,2,4H2,(H,15,17). The number of benzene rings is 1. The van der Waals surface area contributed by atoms with Crippen molar-refractivity contribution >= 4 is 22.9 Å². The minimum absolute atomic E-state index is 0.0654. The molecule has 0 bridgehead atoms. The van der Waals surface area contributed by atoms with Crippen LogP contribution in [0.2, 0.25) is 0 Å². The average molecular weight is 255 g/mol. The molecule has 0 unspecified atom stereocenters. The Bertz CT molecular complexity index is 669. The Morgan fingerprint density at radius 1 is 1.39 bits per heavy atom. The molecule has 1 aliphatic rings. The first-order valence-corrected chi connectivity index (χ1v) is 6.43. The number of thiazole rings is 1. The van der Waals surface area contributed by atoms with Crippen molar-refractivity contribution in [2.75, 3.05) is 5.32 Å². The topological polar surface area (TPSA) is 65.8 Å². The van der Waals surface area contributed by atoms with Crippen molar-refractivity contribution in [2.45, 2.75) is 12.8 Å². The molecule has 1 aromatic carbocycles. The van der Waals surface area contributed by atoms with Gasteiger partial charge in [0, 0.05) is 23.1 Å². The molecule has 0 radical (unpaired) electrons. The molecule has 88 valence electrons. The molecule has 0 spiro atoms. The number of hydrogen-bond acceptors (Lipinski definition) is 4. The zero-order valence-electron chi connectivity index (χ0n) is 9.43. The lowest BCUT2D eigenvalue weighted by molar-refractivity contribution is -0.116. The second-order valence-corrected chi connectivity index (χ2v) is 4.93. The zero-order chi connectivity index (χ0) is 12.5. The molecule has 0 saturated carbocycles. The van der Waals surface area contributed by atoms with E-state index in [1.807, 2.05) is 29.6 Å². The summed E-state index contributed by atoms with van der Waals surface area (Å²) in [4.78, 5) is 15.5. The summed E-state index contributed by atoms with van der Waals surface area (Å²) >= 11 is 1.34. The summed E-state index contributed by atoms with van der Waals surface area (Å²) in [6.07, 6.45) is 1.28. The van der Waals surface area contributed by atoms with E-state index in [9.17, 15) is 4.79 Å². The average Bonchev–Trinajstić information content (AvgIpc) is 2.87. The Hall–Kier alpha value is -2.19. The van der Waals surface area contributed by atoms with Crippen molar-refractivity contribution in [3.05, 3.63) is 34.2 Å². The highest BCUT2D eigenvalue weighted by Gasteiger charge is 2.15. The number of carbonyl (C=O) groups is 1. The SMILES string of the molecule is N#Cc1nc(-c2ccc3c(c2)CCC(=O)N3)cs1. The number of nitriles is 1. The lowest BCUT2D eigenvalue weighted by Crippen LogP contribution is -2.18. The summed E-state index contributed by atoms with van der Waals surface area (Å²) in [5.74, 6) is 0.0654. The van der Waals surface area contributed by atoms with Gasteiger partial charge in [0.25, 0.3) is 0 Å². The highest BCUT2D eigenvalue weighted by atomic mass is 32.1. The lowest BCUT2D eigenvalue weighted by atomic mass is 9.99. The Balaban J connectivity index is 2.00. The van der Waals surface area contributed by atoms with Crippen LogP contribution in [-0.4, -0.2) is 10.9 Å². The molecule has 0 aliphatic carbocycles. The normalized spacial score (nSPS) is 13.6.